The average Bonchev–Trinajstić information content (AvgIpc) is 3.38. The second-order valence-electron chi connectivity index (χ2n) is 8.25. The highest BCUT2D eigenvalue weighted by Crippen LogP contribution is 2.36. The second-order valence-corrected chi connectivity index (χ2v) is 10.6. The molecule has 1 saturated heterocycles. The van der Waals surface area contributed by atoms with Crippen LogP contribution in [-0.4, -0.2) is 80.1 Å². The van der Waals surface area contributed by atoms with Gasteiger partial charge in [-0.1, -0.05) is 28.4 Å². The molecule has 0 amide bonds. The third-order valence-corrected chi connectivity index (χ3v) is 8.11. The third kappa shape index (κ3) is 5.89. The number of nitrogens with zero attached hydrogens (tertiary/aromatic N) is 3. The molecule has 6 atom stereocenters. The molecule has 0 unspecified atom stereocenters. The lowest BCUT2D eigenvalue weighted by Gasteiger charge is -2.43. The molecule has 2 heterocycles. The molecule has 1 aliphatic rings. The Labute approximate surface area is 227 Å². The van der Waals surface area contributed by atoms with Crippen molar-refractivity contribution in [2.75, 3.05) is 26.9 Å². The standard InChI is InChI=1S/C23H22Cl2F3N3O6S/c1-35-4-5-36-22-20(31-9-17(29-30-31)11-6-15(26)19(28)16(27)7-11)21(33)18(10-32)37-23(22)38(34)12-2-3-13(24)14(25)8-12/h2-3,6-9,18,20-23,32-33H,4-5,10H2,1H3/t18-,20+,21+,22-,23-,38-/m1/s1. The van der Waals surface area contributed by atoms with Gasteiger partial charge in [-0.25, -0.2) is 17.9 Å². The van der Waals surface area contributed by atoms with Crippen LogP contribution in [0.4, 0.5) is 13.2 Å². The number of methoxy groups -OCH3 is 1. The lowest BCUT2D eigenvalue weighted by molar-refractivity contribution is -0.196. The first-order valence-electron chi connectivity index (χ1n) is 11.1. The molecule has 0 saturated carbocycles. The molecule has 0 radical (unpaired) electrons. The van der Waals surface area contributed by atoms with Crippen LogP contribution < -0.4 is 0 Å². The summed E-state index contributed by atoms with van der Waals surface area (Å²) in [7, 11) is -0.500. The van der Waals surface area contributed by atoms with Crippen molar-refractivity contribution >= 4 is 34.0 Å². The summed E-state index contributed by atoms with van der Waals surface area (Å²) in [5, 5.41) is 29.2. The number of halogens is 5. The molecule has 1 aromatic heterocycles. The first-order valence-corrected chi connectivity index (χ1v) is 13.1. The van der Waals surface area contributed by atoms with Gasteiger partial charge in [-0.3, -0.25) is 4.21 Å². The normalized spacial score (nSPS) is 24.5. The summed E-state index contributed by atoms with van der Waals surface area (Å²) in [5.74, 6) is -4.47. The molecule has 1 aliphatic heterocycles. The van der Waals surface area contributed by atoms with Crippen molar-refractivity contribution < 1.29 is 41.8 Å². The van der Waals surface area contributed by atoms with E-state index in [-0.39, 0.29) is 39.4 Å². The monoisotopic (exact) mass is 595 g/mol. The zero-order chi connectivity index (χ0) is 27.6. The van der Waals surface area contributed by atoms with Crippen LogP contribution in [0.25, 0.3) is 11.3 Å². The van der Waals surface area contributed by atoms with Gasteiger partial charge in [-0.2, -0.15) is 0 Å². The molecule has 2 aromatic carbocycles. The third-order valence-electron chi connectivity index (χ3n) is 5.85. The van der Waals surface area contributed by atoms with E-state index < -0.39 is 64.6 Å². The van der Waals surface area contributed by atoms with Crippen molar-refractivity contribution in [3.8, 4) is 11.3 Å². The maximum atomic E-state index is 13.8. The molecular weight excluding hydrogens is 574 g/mol. The largest absolute Gasteiger partial charge is 0.394 e. The predicted molar refractivity (Wildman–Crippen MR) is 131 cm³/mol. The van der Waals surface area contributed by atoms with Gasteiger partial charge in [-0.15, -0.1) is 5.10 Å². The molecule has 1 fully saturated rings. The lowest BCUT2D eigenvalue weighted by Crippen LogP contribution is -2.58. The van der Waals surface area contributed by atoms with E-state index in [4.69, 9.17) is 37.4 Å². The Morgan fingerprint density at radius 2 is 1.84 bits per heavy atom. The zero-order valence-electron chi connectivity index (χ0n) is 19.6. The number of hydrogen-bond acceptors (Lipinski definition) is 8. The average molecular weight is 596 g/mol. The van der Waals surface area contributed by atoms with Gasteiger partial charge in [0.25, 0.3) is 0 Å². The molecule has 9 nitrogen and oxygen atoms in total. The van der Waals surface area contributed by atoms with Crippen molar-refractivity contribution in [1.82, 2.24) is 15.0 Å². The molecule has 15 heteroatoms. The number of ether oxygens (including phenoxy) is 3. The highest BCUT2D eigenvalue weighted by atomic mass is 35.5. The Kier molecular flexibility index (Phi) is 9.42. The Morgan fingerprint density at radius 3 is 2.47 bits per heavy atom. The molecule has 0 spiro atoms. The number of benzene rings is 2. The van der Waals surface area contributed by atoms with Gasteiger partial charge in [0.2, 0.25) is 0 Å². The first-order chi connectivity index (χ1) is 18.2. The maximum Gasteiger partial charge on any atom is 0.194 e. The SMILES string of the molecule is COCCO[C@@H]1[C@@H](n2cc(-c3cc(F)c(F)c(F)c3)nn2)[C@@H](O)[C@@H](CO)O[C@@H]1[S@](=O)c1ccc(Cl)c(Cl)c1. The van der Waals surface area contributed by atoms with Crippen molar-refractivity contribution in [2.24, 2.45) is 0 Å². The van der Waals surface area contributed by atoms with E-state index in [9.17, 15) is 27.6 Å². The van der Waals surface area contributed by atoms with Crippen molar-refractivity contribution in [2.45, 2.75) is 34.7 Å². The number of aromatic nitrogens is 3. The van der Waals surface area contributed by atoms with E-state index in [2.05, 4.69) is 10.3 Å². The molecule has 4 rings (SSSR count). The summed E-state index contributed by atoms with van der Waals surface area (Å²) in [4.78, 5) is 0.244. The van der Waals surface area contributed by atoms with E-state index in [1.807, 2.05) is 0 Å². The smallest absolute Gasteiger partial charge is 0.194 e. The minimum absolute atomic E-state index is 0.00253. The maximum absolute atomic E-state index is 13.8. The fourth-order valence-electron chi connectivity index (χ4n) is 3.97. The van der Waals surface area contributed by atoms with Gasteiger partial charge in [0.1, 0.15) is 30.0 Å². The topological polar surface area (TPSA) is 116 Å². The lowest BCUT2D eigenvalue weighted by atomic mass is 9.97. The van der Waals surface area contributed by atoms with Crippen LogP contribution in [0, 0.1) is 17.5 Å². The molecule has 3 aromatic rings. The summed E-state index contributed by atoms with van der Waals surface area (Å²) >= 11 is 12.1. The number of aliphatic hydroxyl groups excluding tert-OH is 2. The zero-order valence-corrected chi connectivity index (χ0v) is 22.0. The number of rotatable bonds is 9. The Bertz CT molecular complexity index is 1300. The highest BCUT2D eigenvalue weighted by Gasteiger charge is 2.50. The quantitative estimate of drug-likeness (QED) is 0.286. The molecule has 0 bridgehead atoms. The minimum atomic E-state index is -1.95. The van der Waals surface area contributed by atoms with Gasteiger partial charge in [-0.05, 0) is 30.3 Å². The molecule has 2 N–H and O–H groups in total. The summed E-state index contributed by atoms with van der Waals surface area (Å²) < 4.78 is 72.6. The summed E-state index contributed by atoms with van der Waals surface area (Å²) in [6, 6.07) is 4.71. The van der Waals surface area contributed by atoms with Crippen molar-refractivity contribution in [3.05, 3.63) is 64.0 Å². The highest BCUT2D eigenvalue weighted by molar-refractivity contribution is 7.85. The van der Waals surface area contributed by atoms with E-state index in [0.29, 0.717) is 0 Å². The number of hydrogen-bond donors (Lipinski definition) is 2. The minimum Gasteiger partial charge on any atom is -0.394 e. The van der Waals surface area contributed by atoms with Crippen LogP contribution >= 0.6 is 23.2 Å². The first kappa shape index (κ1) is 28.9. The van der Waals surface area contributed by atoms with Crippen LogP contribution in [0.1, 0.15) is 6.04 Å². The second kappa shape index (κ2) is 12.4. The van der Waals surface area contributed by atoms with Gasteiger partial charge >= 0.3 is 0 Å². The van der Waals surface area contributed by atoms with Gasteiger partial charge in [0.15, 0.2) is 22.9 Å². The molecule has 38 heavy (non-hydrogen) atoms. The number of aliphatic hydroxyl groups is 2. The van der Waals surface area contributed by atoms with Crippen molar-refractivity contribution in [1.29, 1.82) is 0 Å². The van der Waals surface area contributed by atoms with Crippen LogP contribution in [0.2, 0.25) is 10.0 Å². The van der Waals surface area contributed by atoms with E-state index in [1.165, 1.54) is 31.5 Å². The summed E-state index contributed by atoms with van der Waals surface area (Å²) in [6.07, 6.45) is -2.54. The fourth-order valence-corrected chi connectivity index (χ4v) is 5.77. The van der Waals surface area contributed by atoms with E-state index in [1.54, 1.807) is 0 Å². The van der Waals surface area contributed by atoms with Gasteiger partial charge in [0, 0.05) is 17.6 Å². The fraction of sp³-hybridized carbons (Fsp3) is 0.391. The van der Waals surface area contributed by atoms with E-state index in [0.717, 1.165) is 16.8 Å². The van der Waals surface area contributed by atoms with Crippen LogP contribution in [0.3, 0.4) is 0 Å². The van der Waals surface area contributed by atoms with Gasteiger partial charge < -0.3 is 24.4 Å². The predicted octanol–water partition coefficient (Wildman–Crippen LogP) is 3.13. The Morgan fingerprint density at radius 1 is 1.13 bits per heavy atom. The van der Waals surface area contributed by atoms with Crippen LogP contribution in [-0.2, 0) is 25.0 Å². The van der Waals surface area contributed by atoms with Crippen molar-refractivity contribution in [3.63, 3.8) is 0 Å². The Balaban J connectivity index is 1.74. The van der Waals surface area contributed by atoms with Crippen LogP contribution in [0.15, 0.2) is 41.4 Å². The molecular formula is C23H22Cl2F3N3O6S. The molecule has 0 aliphatic carbocycles. The van der Waals surface area contributed by atoms with E-state index >= 15 is 0 Å². The van der Waals surface area contributed by atoms with Crippen LogP contribution in [0.5, 0.6) is 0 Å². The summed E-state index contributed by atoms with van der Waals surface area (Å²) in [6.45, 7) is -0.498. The molecule has 206 valence electrons. The Hall–Kier alpha value is -2.10. The summed E-state index contributed by atoms with van der Waals surface area (Å²) in [5.41, 5.74) is -1.40. The van der Waals surface area contributed by atoms with Gasteiger partial charge in [0.05, 0.1) is 46.9 Å².